The summed E-state index contributed by atoms with van der Waals surface area (Å²) in [6, 6.07) is 10.8. The third-order valence-electron chi connectivity index (χ3n) is 3.94. The number of rotatable bonds is 5. The summed E-state index contributed by atoms with van der Waals surface area (Å²) in [5.41, 5.74) is 1.88. The summed E-state index contributed by atoms with van der Waals surface area (Å²) in [4.78, 5) is 21.1. The number of amides is 1. The van der Waals surface area contributed by atoms with Gasteiger partial charge >= 0.3 is 0 Å². The Morgan fingerprint density at radius 2 is 1.76 bits per heavy atom. The van der Waals surface area contributed by atoms with Crippen molar-refractivity contribution in [3.05, 3.63) is 47.1 Å². The van der Waals surface area contributed by atoms with Crippen molar-refractivity contribution in [3.63, 3.8) is 0 Å². The van der Waals surface area contributed by atoms with Gasteiger partial charge < -0.3 is 14.4 Å². The summed E-state index contributed by atoms with van der Waals surface area (Å²) in [5.74, 6) is 0.354. The second-order valence-electron chi connectivity index (χ2n) is 5.45. The van der Waals surface area contributed by atoms with E-state index in [1.165, 1.54) is 4.90 Å². The van der Waals surface area contributed by atoms with Gasteiger partial charge in [-0.1, -0.05) is 23.7 Å². The van der Waals surface area contributed by atoms with E-state index >= 15 is 0 Å². The van der Waals surface area contributed by atoms with E-state index in [2.05, 4.69) is 4.98 Å². The van der Waals surface area contributed by atoms with Gasteiger partial charge in [0.1, 0.15) is 5.15 Å². The molecule has 0 aliphatic carbocycles. The molecule has 132 valence electrons. The summed E-state index contributed by atoms with van der Waals surface area (Å²) in [6.45, 7) is 4.52. The number of nitrogens with zero attached hydrogens (tertiary/aromatic N) is 3. The van der Waals surface area contributed by atoms with Crippen molar-refractivity contribution >= 4 is 34.7 Å². The van der Waals surface area contributed by atoms with Crippen LogP contribution in [0.15, 0.2) is 36.4 Å². The minimum Gasteiger partial charge on any atom is -0.335 e. The van der Waals surface area contributed by atoms with E-state index in [-0.39, 0.29) is 5.91 Å². The van der Waals surface area contributed by atoms with E-state index in [0.717, 1.165) is 5.69 Å². The molecule has 6 nitrogen and oxygen atoms in total. The molecule has 0 bridgehead atoms. The first-order chi connectivity index (χ1) is 12.1. The van der Waals surface area contributed by atoms with E-state index in [1.807, 2.05) is 44.0 Å². The van der Waals surface area contributed by atoms with Gasteiger partial charge in [-0.05, 0) is 38.1 Å². The molecule has 7 heteroatoms. The normalized spacial score (nSPS) is 13.7. The zero-order valence-electron chi connectivity index (χ0n) is 14.4. The van der Waals surface area contributed by atoms with Gasteiger partial charge in [-0.25, -0.2) is 4.98 Å². The average Bonchev–Trinajstić information content (AvgIpc) is 2.70. The third-order valence-corrected chi connectivity index (χ3v) is 4.15. The van der Waals surface area contributed by atoms with Crippen LogP contribution in [0.5, 0.6) is 0 Å². The number of carbonyl (C=O) groups is 1. The molecule has 2 aromatic rings. The number of hydrogen-bond donors (Lipinski definition) is 0. The van der Waals surface area contributed by atoms with Crippen LogP contribution < -0.4 is 9.80 Å². The maximum Gasteiger partial charge on any atom is 0.264 e. The summed E-state index contributed by atoms with van der Waals surface area (Å²) in [6.07, 6.45) is -0.844. The Labute approximate surface area is 151 Å². The highest BCUT2D eigenvalue weighted by molar-refractivity contribution is 6.29. The maximum atomic E-state index is 13.3. The van der Waals surface area contributed by atoms with Crippen LogP contribution in [0.1, 0.15) is 24.2 Å². The molecular formula is C18H20ClN3O3. The van der Waals surface area contributed by atoms with Crippen LogP contribution in [0, 0.1) is 0 Å². The highest BCUT2D eigenvalue weighted by atomic mass is 35.5. The van der Waals surface area contributed by atoms with Crippen LogP contribution in [0.3, 0.4) is 0 Å². The average molecular weight is 362 g/mol. The molecule has 0 fully saturated rings. The smallest absolute Gasteiger partial charge is 0.264 e. The van der Waals surface area contributed by atoms with Crippen LogP contribution in [-0.4, -0.2) is 37.6 Å². The van der Waals surface area contributed by atoms with Gasteiger partial charge in [-0.2, -0.15) is 0 Å². The van der Waals surface area contributed by atoms with Crippen LogP contribution in [0.2, 0.25) is 5.15 Å². The Morgan fingerprint density at radius 3 is 2.44 bits per heavy atom. The van der Waals surface area contributed by atoms with Crippen LogP contribution in [-0.2, 0) is 9.47 Å². The number of ether oxygens (including phenoxy) is 2. The molecule has 0 saturated carbocycles. The minimum absolute atomic E-state index is 0.211. The van der Waals surface area contributed by atoms with Crippen LogP contribution in [0.4, 0.5) is 17.2 Å². The molecule has 0 saturated heterocycles. The van der Waals surface area contributed by atoms with E-state index in [9.17, 15) is 4.79 Å². The molecule has 1 aromatic carbocycles. The number of para-hydroxylation sites is 1. The van der Waals surface area contributed by atoms with Gasteiger partial charge in [0, 0.05) is 20.3 Å². The molecule has 1 aliphatic heterocycles. The Hall–Kier alpha value is -2.15. The lowest BCUT2D eigenvalue weighted by Crippen LogP contribution is -2.44. The molecule has 1 aliphatic rings. The lowest BCUT2D eigenvalue weighted by Gasteiger charge is -2.30. The Kier molecular flexibility index (Phi) is 5.22. The van der Waals surface area contributed by atoms with Gasteiger partial charge in [0.25, 0.3) is 5.91 Å². The van der Waals surface area contributed by atoms with Crippen molar-refractivity contribution < 1.29 is 14.3 Å². The fourth-order valence-corrected chi connectivity index (χ4v) is 2.99. The van der Waals surface area contributed by atoms with Crippen molar-refractivity contribution in [2.45, 2.75) is 20.3 Å². The fraction of sp³-hybridized carbons (Fsp3) is 0.333. The summed E-state index contributed by atoms with van der Waals surface area (Å²) < 4.78 is 11.4. The van der Waals surface area contributed by atoms with Crippen molar-refractivity contribution in [1.82, 2.24) is 4.98 Å². The number of aromatic nitrogens is 1. The standard InChI is InChI=1S/C18H20ClN3O3/c1-4-24-18(25-5-2)22-14-10-11-15(19)20-16(14)21(3)13-9-7-6-8-12(13)17(22)23/h6-11,18H,4-5H2,1-3H3. The summed E-state index contributed by atoms with van der Waals surface area (Å²) in [7, 11) is 1.86. The number of fused-ring (bicyclic) bond motifs is 2. The van der Waals surface area contributed by atoms with Crippen molar-refractivity contribution in [1.29, 1.82) is 0 Å². The summed E-state index contributed by atoms with van der Waals surface area (Å²) in [5, 5.41) is 0.349. The van der Waals surface area contributed by atoms with Crippen LogP contribution in [0.25, 0.3) is 0 Å². The second-order valence-corrected chi connectivity index (χ2v) is 5.83. The molecule has 1 amide bonds. The van der Waals surface area contributed by atoms with Gasteiger partial charge in [0.2, 0.25) is 6.41 Å². The number of hydrogen-bond acceptors (Lipinski definition) is 5. The topological polar surface area (TPSA) is 54.9 Å². The predicted molar refractivity (Wildman–Crippen MR) is 97.6 cm³/mol. The predicted octanol–water partition coefficient (Wildman–Crippen LogP) is 3.82. The van der Waals surface area contributed by atoms with Gasteiger partial charge in [0.15, 0.2) is 5.82 Å². The number of anilines is 3. The Balaban J connectivity index is 2.23. The van der Waals surface area contributed by atoms with E-state index in [0.29, 0.717) is 35.4 Å². The van der Waals surface area contributed by atoms with Gasteiger partial charge in [-0.15, -0.1) is 0 Å². The van der Waals surface area contributed by atoms with Gasteiger partial charge in [-0.3, -0.25) is 9.69 Å². The molecule has 0 radical (unpaired) electrons. The quantitative estimate of drug-likeness (QED) is 0.598. The Morgan fingerprint density at radius 1 is 1.08 bits per heavy atom. The molecule has 0 N–H and O–H groups in total. The van der Waals surface area contributed by atoms with Crippen molar-refractivity contribution in [2.75, 3.05) is 30.1 Å². The zero-order valence-corrected chi connectivity index (χ0v) is 15.2. The summed E-state index contributed by atoms with van der Waals surface area (Å²) >= 11 is 6.10. The molecule has 0 unspecified atom stereocenters. The SMILES string of the molecule is CCOC(OCC)N1C(=O)c2ccccc2N(C)c2nc(Cl)ccc21. The monoisotopic (exact) mass is 361 g/mol. The van der Waals surface area contributed by atoms with Crippen LogP contribution >= 0.6 is 11.6 Å². The first-order valence-corrected chi connectivity index (χ1v) is 8.52. The molecular weight excluding hydrogens is 342 g/mol. The molecule has 3 rings (SSSR count). The molecule has 0 spiro atoms. The molecule has 2 heterocycles. The largest absolute Gasteiger partial charge is 0.335 e. The first kappa shape index (κ1) is 17.7. The van der Waals surface area contributed by atoms with E-state index < -0.39 is 6.41 Å². The van der Waals surface area contributed by atoms with Crippen molar-refractivity contribution in [3.8, 4) is 0 Å². The zero-order chi connectivity index (χ0) is 18.0. The number of halogens is 1. The first-order valence-electron chi connectivity index (χ1n) is 8.14. The lowest BCUT2D eigenvalue weighted by atomic mass is 10.1. The molecule has 25 heavy (non-hydrogen) atoms. The molecule has 1 aromatic heterocycles. The highest BCUT2D eigenvalue weighted by Gasteiger charge is 2.35. The van der Waals surface area contributed by atoms with E-state index in [4.69, 9.17) is 21.1 Å². The fourth-order valence-electron chi connectivity index (χ4n) is 2.84. The van der Waals surface area contributed by atoms with E-state index in [1.54, 1.807) is 18.2 Å². The maximum absolute atomic E-state index is 13.3. The highest BCUT2D eigenvalue weighted by Crippen LogP contribution is 2.40. The second kappa shape index (κ2) is 7.39. The van der Waals surface area contributed by atoms with Gasteiger partial charge in [0.05, 0.1) is 16.9 Å². The number of benzene rings is 1. The molecule has 0 atom stereocenters. The van der Waals surface area contributed by atoms with Crippen molar-refractivity contribution in [2.24, 2.45) is 0 Å². The Bertz CT molecular complexity index is 778. The number of pyridine rings is 1. The minimum atomic E-state index is -0.844. The number of carbonyl (C=O) groups excluding carboxylic acids is 1. The third kappa shape index (κ3) is 3.20. The lowest BCUT2D eigenvalue weighted by molar-refractivity contribution is -0.131.